The number of imidazole rings is 1. The fourth-order valence-corrected chi connectivity index (χ4v) is 2.88. The van der Waals surface area contributed by atoms with Gasteiger partial charge in [-0.25, -0.2) is 0 Å². The molecule has 0 saturated heterocycles. The molecule has 24 heavy (non-hydrogen) atoms. The molecule has 1 aromatic heterocycles. The predicted octanol–water partition coefficient (Wildman–Crippen LogP) is 4.35. The molecule has 1 heterocycles. The minimum Gasteiger partial charge on any atom is -0.534 e. The number of carbonyl (C=O) groups excluding carboxylic acids is 1. The predicted molar refractivity (Wildman–Crippen MR) is 91.8 cm³/mol. The van der Waals surface area contributed by atoms with Crippen LogP contribution >= 0.6 is 0 Å². The van der Waals surface area contributed by atoms with Crippen molar-refractivity contribution in [1.82, 2.24) is 9.97 Å². The van der Waals surface area contributed by atoms with Gasteiger partial charge in [0, 0.05) is 25.7 Å². The van der Waals surface area contributed by atoms with Crippen LogP contribution in [-0.2, 0) is 24.9 Å². The molecule has 0 saturated carbocycles. The maximum Gasteiger partial charge on any atom is 0.0938 e. The van der Waals surface area contributed by atoms with Gasteiger partial charge < -0.3 is 9.78 Å². The molecule has 0 amide bonds. The van der Waals surface area contributed by atoms with Crippen LogP contribution in [0.1, 0.15) is 5.82 Å². The molecule has 0 bridgehead atoms. The van der Waals surface area contributed by atoms with Crippen LogP contribution in [-0.4, -0.2) is 16.3 Å². The molecule has 3 nitrogen and oxygen atoms in total. The zero-order valence-electron chi connectivity index (χ0n) is 12.6. The number of hydrogen-bond acceptors (Lipinski definition) is 2. The number of benzene rings is 3. The minimum absolute atomic E-state index is 0. The van der Waals surface area contributed by atoms with Crippen molar-refractivity contribution in [2.24, 2.45) is 0 Å². The number of H-pyrrole nitrogens is 1. The molecule has 1 N–H and O–H groups in total. The van der Waals surface area contributed by atoms with Crippen molar-refractivity contribution in [1.29, 1.82) is 0 Å². The first kappa shape index (κ1) is 16.3. The molecule has 0 aliphatic carbocycles. The Morgan fingerprint density at radius 3 is 2.04 bits per heavy atom. The molecule has 0 aliphatic heterocycles. The summed E-state index contributed by atoms with van der Waals surface area (Å²) in [5.41, 5.74) is 5.92. The Morgan fingerprint density at radius 1 is 0.792 bits per heavy atom. The Morgan fingerprint density at radius 2 is 1.42 bits per heavy atom. The van der Waals surface area contributed by atoms with E-state index in [0.29, 0.717) is 0 Å². The molecule has 4 heteroatoms. The zero-order chi connectivity index (χ0) is 15.6. The second kappa shape index (κ2) is 6.91. The molecular formula is C20H13IrN2O-. The van der Waals surface area contributed by atoms with E-state index in [-0.39, 0.29) is 25.9 Å². The van der Waals surface area contributed by atoms with E-state index in [4.69, 9.17) is 0 Å². The molecular weight excluding hydrogens is 476 g/mol. The molecule has 4 aromatic rings. The Bertz CT molecular complexity index is 979. The third-order valence-corrected chi connectivity index (χ3v) is 3.90. The first-order valence-electron chi connectivity index (χ1n) is 7.38. The van der Waals surface area contributed by atoms with E-state index in [2.05, 4.69) is 40.3 Å². The van der Waals surface area contributed by atoms with Gasteiger partial charge in [0.2, 0.25) is 0 Å². The van der Waals surface area contributed by atoms with E-state index in [1.165, 1.54) is 0 Å². The molecule has 0 unspecified atom stereocenters. The van der Waals surface area contributed by atoms with E-state index in [1.807, 2.05) is 48.8 Å². The standard InChI is InChI=1S/C20H13N2O.Ir/c23-13-18-21-17-12-11-16(14-7-3-1-4-8-14)19(20(17)22-18)15-9-5-2-6-10-15;/h1-12H,(H,21,22);/q-1;. The van der Waals surface area contributed by atoms with E-state index >= 15 is 0 Å². The molecule has 3 aromatic carbocycles. The number of hydrogen-bond donors (Lipinski definition) is 1. The van der Waals surface area contributed by atoms with Crippen LogP contribution < -0.4 is 0 Å². The summed E-state index contributed by atoms with van der Waals surface area (Å²) in [6, 6.07) is 24.3. The summed E-state index contributed by atoms with van der Waals surface area (Å²) in [5.74, 6) is 0.224. The van der Waals surface area contributed by atoms with Crippen molar-refractivity contribution in [3.05, 3.63) is 78.6 Å². The van der Waals surface area contributed by atoms with Gasteiger partial charge in [0.25, 0.3) is 0 Å². The molecule has 0 spiro atoms. The summed E-state index contributed by atoms with van der Waals surface area (Å²) < 4.78 is 0. The summed E-state index contributed by atoms with van der Waals surface area (Å²) >= 11 is 0. The van der Waals surface area contributed by atoms with Crippen LogP contribution in [0.25, 0.3) is 33.3 Å². The second-order valence-electron chi connectivity index (χ2n) is 5.30. The van der Waals surface area contributed by atoms with Gasteiger partial charge in [-0.3, -0.25) is 4.98 Å². The van der Waals surface area contributed by atoms with E-state index in [0.717, 1.165) is 33.3 Å². The fraction of sp³-hybridized carbons (Fsp3) is 0. The van der Waals surface area contributed by atoms with Gasteiger partial charge >= 0.3 is 0 Å². The van der Waals surface area contributed by atoms with Crippen LogP contribution in [0.2, 0.25) is 0 Å². The average Bonchev–Trinajstić information content (AvgIpc) is 3.05. The van der Waals surface area contributed by atoms with Crippen molar-refractivity contribution >= 4 is 17.3 Å². The smallest absolute Gasteiger partial charge is 0.0938 e. The number of aromatic nitrogens is 2. The maximum atomic E-state index is 11.0. The van der Waals surface area contributed by atoms with Crippen molar-refractivity contribution in [2.75, 3.05) is 0 Å². The maximum absolute atomic E-state index is 11.0. The summed E-state index contributed by atoms with van der Waals surface area (Å²) in [7, 11) is 0. The third-order valence-electron chi connectivity index (χ3n) is 3.90. The summed E-state index contributed by atoms with van der Waals surface area (Å²) in [4.78, 5) is 18.4. The van der Waals surface area contributed by atoms with Crippen LogP contribution in [0.4, 0.5) is 0 Å². The van der Waals surface area contributed by atoms with Crippen molar-refractivity contribution in [3.8, 4) is 22.3 Å². The van der Waals surface area contributed by atoms with Crippen LogP contribution in [0, 0.1) is 0 Å². The first-order valence-corrected chi connectivity index (χ1v) is 7.38. The molecule has 0 aliphatic rings. The van der Waals surface area contributed by atoms with Gasteiger partial charge in [0.05, 0.1) is 11.0 Å². The third kappa shape index (κ3) is 2.82. The average molecular weight is 490 g/mol. The van der Waals surface area contributed by atoms with Crippen molar-refractivity contribution < 1.29 is 24.9 Å². The molecule has 0 atom stereocenters. The SMILES string of the molecule is O=[C-]c1nc2c(-c3ccccc3)c(-c3ccccc3)ccc2[nH]1.[Ir]. The number of nitrogens with one attached hydrogen (secondary N) is 1. The van der Waals surface area contributed by atoms with Crippen LogP contribution in [0.15, 0.2) is 72.8 Å². The molecule has 0 fully saturated rings. The van der Waals surface area contributed by atoms with E-state index in [1.54, 1.807) is 0 Å². The normalized spacial score (nSPS) is 10.3. The molecule has 119 valence electrons. The summed E-state index contributed by atoms with van der Waals surface area (Å²) in [6.45, 7) is 0. The second-order valence-corrected chi connectivity index (χ2v) is 5.30. The van der Waals surface area contributed by atoms with Gasteiger partial charge in [0.15, 0.2) is 0 Å². The van der Waals surface area contributed by atoms with Crippen LogP contribution in [0.5, 0.6) is 0 Å². The van der Waals surface area contributed by atoms with E-state index < -0.39 is 0 Å². The Kier molecular flexibility index (Phi) is 4.70. The van der Waals surface area contributed by atoms with Gasteiger partial charge in [-0.05, 0) is 28.6 Å². The summed E-state index contributed by atoms with van der Waals surface area (Å²) in [5, 5.41) is 0. The van der Waals surface area contributed by atoms with Crippen LogP contribution in [0.3, 0.4) is 0 Å². The number of fused-ring (bicyclic) bond motifs is 1. The fourth-order valence-electron chi connectivity index (χ4n) is 2.88. The largest absolute Gasteiger partial charge is 0.534 e. The minimum atomic E-state index is 0. The van der Waals surface area contributed by atoms with Gasteiger partial charge in [-0.1, -0.05) is 66.7 Å². The number of aromatic amines is 1. The molecule has 1 radical (unpaired) electrons. The topological polar surface area (TPSA) is 45.8 Å². The Labute approximate surface area is 153 Å². The van der Waals surface area contributed by atoms with Gasteiger partial charge in [-0.2, -0.15) is 6.29 Å². The Balaban J connectivity index is 0.00000169. The Hall–Kier alpha value is -2.55. The van der Waals surface area contributed by atoms with Crippen molar-refractivity contribution in [2.45, 2.75) is 0 Å². The monoisotopic (exact) mass is 490 g/mol. The van der Waals surface area contributed by atoms with E-state index in [9.17, 15) is 4.79 Å². The zero-order valence-corrected chi connectivity index (χ0v) is 15.0. The summed E-state index contributed by atoms with van der Waals surface area (Å²) in [6.07, 6.45) is 1.84. The quantitative estimate of drug-likeness (QED) is 0.435. The molecule has 4 rings (SSSR count). The number of nitrogens with zero attached hydrogens (tertiary/aromatic N) is 1. The van der Waals surface area contributed by atoms with Gasteiger partial charge in [0.1, 0.15) is 0 Å². The first-order chi connectivity index (χ1) is 11.4. The number of rotatable bonds is 3. The van der Waals surface area contributed by atoms with Gasteiger partial charge in [-0.15, -0.1) is 0 Å². The van der Waals surface area contributed by atoms with Crippen molar-refractivity contribution in [3.63, 3.8) is 0 Å².